The number of hydrogen-bond donors (Lipinski definition) is 2. The van der Waals surface area contributed by atoms with Gasteiger partial charge in [0, 0.05) is 36.5 Å². The van der Waals surface area contributed by atoms with Crippen molar-refractivity contribution in [3.05, 3.63) is 124 Å². The van der Waals surface area contributed by atoms with Gasteiger partial charge in [-0.25, -0.2) is 13.8 Å². The van der Waals surface area contributed by atoms with E-state index < -0.39 is 29.2 Å². The van der Waals surface area contributed by atoms with E-state index in [9.17, 15) is 13.6 Å². The summed E-state index contributed by atoms with van der Waals surface area (Å²) in [5, 5.41) is 15.5. The molecule has 2 atom stereocenters. The van der Waals surface area contributed by atoms with Crippen LogP contribution in [0.3, 0.4) is 0 Å². The van der Waals surface area contributed by atoms with E-state index in [-0.39, 0.29) is 32.0 Å². The van der Waals surface area contributed by atoms with Crippen molar-refractivity contribution in [1.29, 1.82) is 0 Å². The number of carbonyl (C=O) groups is 1. The summed E-state index contributed by atoms with van der Waals surface area (Å²) in [5.74, 6) is -1.71. The van der Waals surface area contributed by atoms with E-state index in [0.29, 0.717) is 41.0 Å². The maximum atomic E-state index is 13.9. The summed E-state index contributed by atoms with van der Waals surface area (Å²) in [4.78, 5) is 21.6. The number of nitrogens with one attached hydrogen (secondary N) is 1. The number of carbonyl (C=O) groups excluding carboxylic acids is 1. The van der Waals surface area contributed by atoms with Crippen molar-refractivity contribution in [1.82, 2.24) is 5.32 Å². The largest absolute Gasteiger partial charge is 0.494 e. The molecule has 3 aromatic rings. The normalized spacial score (nSPS) is 17.6. The van der Waals surface area contributed by atoms with Crippen LogP contribution >= 0.6 is 0 Å². The van der Waals surface area contributed by atoms with Gasteiger partial charge in [-0.2, -0.15) is 0 Å². The van der Waals surface area contributed by atoms with Gasteiger partial charge < -0.3 is 19.9 Å². The van der Waals surface area contributed by atoms with Gasteiger partial charge >= 0.3 is 0 Å². The quantitative estimate of drug-likeness (QED) is 0.0914. The van der Waals surface area contributed by atoms with E-state index >= 15 is 0 Å². The van der Waals surface area contributed by atoms with Crippen molar-refractivity contribution < 1.29 is 28.2 Å². The number of ether oxygens (including phenoxy) is 2. The highest BCUT2D eigenvalue weighted by molar-refractivity contribution is 6.01. The van der Waals surface area contributed by atoms with Crippen LogP contribution in [0, 0.1) is 11.6 Å². The second-order valence-electron chi connectivity index (χ2n) is 9.30. The summed E-state index contributed by atoms with van der Waals surface area (Å²) >= 11 is 0. The molecule has 1 amide bonds. The van der Waals surface area contributed by atoms with Gasteiger partial charge in [-0.15, -0.1) is 6.58 Å². The highest BCUT2D eigenvalue weighted by Crippen LogP contribution is 2.44. The summed E-state index contributed by atoms with van der Waals surface area (Å²) in [6, 6.07) is 17.5. The molecule has 11 heteroatoms. The van der Waals surface area contributed by atoms with Crippen LogP contribution in [0.4, 0.5) is 8.78 Å². The predicted molar refractivity (Wildman–Crippen MR) is 149 cm³/mol. The first-order valence-electron chi connectivity index (χ1n) is 12.9. The van der Waals surface area contributed by atoms with Crippen molar-refractivity contribution in [2.45, 2.75) is 37.6 Å². The molecule has 212 valence electrons. The first-order valence-corrected chi connectivity index (χ1v) is 12.9. The van der Waals surface area contributed by atoms with Crippen molar-refractivity contribution >= 4 is 11.8 Å². The molecule has 0 aliphatic carbocycles. The summed E-state index contributed by atoms with van der Waals surface area (Å²) < 4.78 is 39.2. The molecule has 0 spiro atoms. The van der Waals surface area contributed by atoms with E-state index in [2.05, 4.69) is 21.9 Å². The van der Waals surface area contributed by atoms with Crippen LogP contribution in [0.5, 0.6) is 5.75 Å². The third kappa shape index (κ3) is 6.71. The zero-order valence-corrected chi connectivity index (χ0v) is 22.2. The molecule has 0 bridgehead atoms. The van der Waals surface area contributed by atoms with Gasteiger partial charge in [0.15, 0.2) is 23.3 Å². The molecule has 0 aromatic heterocycles. The fourth-order valence-corrected chi connectivity index (χ4v) is 4.54. The summed E-state index contributed by atoms with van der Waals surface area (Å²) in [5.41, 5.74) is 9.61. The average molecular weight is 562 g/mol. The Hall–Kier alpha value is -4.73. The molecule has 0 saturated heterocycles. The molecular formula is C30H29F2N5O4. The molecular weight excluding hydrogens is 532 g/mol. The van der Waals surface area contributed by atoms with Crippen LogP contribution in [-0.2, 0) is 22.6 Å². The number of hydrogen-bond acceptors (Lipinski definition) is 6. The van der Waals surface area contributed by atoms with Gasteiger partial charge in [-0.05, 0) is 58.6 Å². The van der Waals surface area contributed by atoms with E-state index in [1.54, 1.807) is 54.6 Å². The number of aliphatic hydroxyl groups is 1. The Balaban J connectivity index is 1.72. The van der Waals surface area contributed by atoms with Crippen molar-refractivity contribution in [2.75, 3.05) is 13.2 Å². The second kappa shape index (κ2) is 13.6. The number of aliphatic imine (C=N–C) groups is 1. The third-order valence-electron chi connectivity index (χ3n) is 6.56. The van der Waals surface area contributed by atoms with Crippen LogP contribution in [0.25, 0.3) is 10.4 Å². The first kappa shape index (κ1) is 29.3. The lowest BCUT2D eigenvalue weighted by Crippen LogP contribution is -2.48. The molecule has 0 saturated carbocycles. The number of amides is 1. The lowest BCUT2D eigenvalue weighted by molar-refractivity contribution is -0.129. The van der Waals surface area contributed by atoms with E-state index in [1.165, 1.54) is 6.07 Å². The number of nitrogens with zero attached hydrogens (tertiary/aromatic N) is 4. The van der Waals surface area contributed by atoms with Gasteiger partial charge in [0.2, 0.25) is 5.90 Å². The summed E-state index contributed by atoms with van der Waals surface area (Å²) in [6.07, 6.45) is 1.22. The standard InChI is InChI=1S/C30H29F2N5O4/c1-2-14-30(29(39)34-18-20-8-13-25(31)26(32)17-20)27(24-7-4-3-6-22(24)19-35-37-33)41-28(36-30)21-9-11-23(12-10-21)40-16-5-15-38/h2-4,6-13,17,27,38H,1,5,14-16,18-19H2,(H,34,39)/t27-,30-/m1/s1. The number of aliphatic hydroxyl groups excluding tert-OH is 1. The second-order valence-corrected chi connectivity index (χ2v) is 9.30. The highest BCUT2D eigenvalue weighted by atomic mass is 19.2. The average Bonchev–Trinajstić information content (AvgIpc) is 3.37. The van der Waals surface area contributed by atoms with Crippen LogP contribution < -0.4 is 10.1 Å². The Labute approximate surface area is 235 Å². The maximum Gasteiger partial charge on any atom is 0.252 e. The zero-order chi connectivity index (χ0) is 29.2. The summed E-state index contributed by atoms with van der Waals surface area (Å²) in [7, 11) is 0. The lowest BCUT2D eigenvalue weighted by atomic mass is 9.82. The highest BCUT2D eigenvalue weighted by Gasteiger charge is 2.52. The number of halogens is 2. The van der Waals surface area contributed by atoms with Crippen LogP contribution in [0.1, 0.15) is 41.2 Å². The molecule has 4 rings (SSSR count). The topological polar surface area (TPSA) is 129 Å². The molecule has 1 aliphatic heterocycles. The Morgan fingerprint density at radius 3 is 2.68 bits per heavy atom. The first-order chi connectivity index (χ1) is 19.9. The van der Waals surface area contributed by atoms with Crippen LogP contribution in [0.15, 0.2) is 89.5 Å². The molecule has 41 heavy (non-hydrogen) atoms. The van der Waals surface area contributed by atoms with E-state index in [1.807, 2.05) is 0 Å². The molecule has 1 heterocycles. The lowest BCUT2D eigenvalue weighted by Gasteiger charge is -2.30. The molecule has 2 N–H and O–H groups in total. The minimum absolute atomic E-state index is 0.0226. The Bertz CT molecular complexity index is 1470. The predicted octanol–water partition coefficient (Wildman–Crippen LogP) is 5.69. The van der Waals surface area contributed by atoms with Gasteiger partial charge in [-0.1, -0.05) is 41.5 Å². The Morgan fingerprint density at radius 2 is 1.98 bits per heavy atom. The fraction of sp³-hybridized carbons (Fsp3) is 0.267. The van der Waals surface area contributed by atoms with Crippen molar-refractivity contribution in [3.8, 4) is 5.75 Å². The monoisotopic (exact) mass is 561 g/mol. The SMILES string of the molecule is C=CC[C@@]1(C(=O)NCc2ccc(F)c(F)c2)N=C(c2ccc(OCCCO)cc2)O[C@@H]1c1ccccc1CN=[N+]=[N-]. The van der Waals surface area contributed by atoms with Crippen molar-refractivity contribution in [2.24, 2.45) is 10.1 Å². The third-order valence-corrected chi connectivity index (χ3v) is 6.56. The van der Waals surface area contributed by atoms with Gasteiger partial charge in [0.05, 0.1) is 13.2 Å². The molecule has 0 radical (unpaired) electrons. The number of azide groups is 1. The Kier molecular flexibility index (Phi) is 9.68. The fourth-order valence-electron chi connectivity index (χ4n) is 4.54. The molecule has 1 aliphatic rings. The minimum Gasteiger partial charge on any atom is -0.494 e. The van der Waals surface area contributed by atoms with Crippen molar-refractivity contribution in [3.63, 3.8) is 0 Å². The number of rotatable bonds is 13. The smallest absolute Gasteiger partial charge is 0.252 e. The van der Waals surface area contributed by atoms with Crippen LogP contribution in [0.2, 0.25) is 0 Å². The zero-order valence-electron chi connectivity index (χ0n) is 22.2. The number of benzene rings is 3. The molecule has 3 aromatic carbocycles. The minimum atomic E-state index is -1.52. The molecule has 0 fully saturated rings. The van der Waals surface area contributed by atoms with Gasteiger partial charge in [0.25, 0.3) is 5.91 Å². The maximum absolute atomic E-state index is 13.9. The van der Waals surface area contributed by atoms with E-state index in [0.717, 1.165) is 12.1 Å². The summed E-state index contributed by atoms with van der Waals surface area (Å²) in [6.45, 7) is 4.17. The Morgan fingerprint density at radius 1 is 1.20 bits per heavy atom. The van der Waals surface area contributed by atoms with Crippen LogP contribution in [-0.4, -0.2) is 35.7 Å². The van der Waals surface area contributed by atoms with Gasteiger partial charge in [-0.3, -0.25) is 4.79 Å². The van der Waals surface area contributed by atoms with Gasteiger partial charge in [0.1, 0.15) is 5.75 Å². The molecule has 9 nitrogen and oxygen atoms in total. The molecule has 0 unspecified atom stereocenters. The van der Waals surface area contributed by atoms with E-state index in [4.69, 9.17) is 25.1 Å².